The fourth-order valence-electron chi connectivity index (χ4n) is 3.68. The predicted molar refractivity (Wildman–Crippen MR) is 77.6 cm³/mol. The molecule has 3 rings (SSSR count). The molecular formula is C15H18N4O2. The maximum Gasteiger partial charge on any atom is 0.254 e. The van der Waals surface area contributed by atoms with Gasteiger partial charge in [0.15, 0.2) is 0 Å². The summed E-state index contributed by atoms with van der Waals surface area (Å²) in [7, 11) is 0. The molecule has 2 fully saturated rings. The summed E-state index contributed by atoms with van der Waals surface area (Å²) < 4.78 is 0. The maximum absolute atomic E-state index is 12.6. The average Bonchev–Trinajstić information content (AvgIpc) is 2.78. The Morgan fingerprint density at radius 3 is 2.52 bits per heavy atom. The smallest absolute Gasteiger partial charge is 0.254 e. The summed E-state index contributed by atoms with van der Waals surface area (Å²) >= 11 is 0. The summed E-state index contributed by atoms with van der Waals surface area (Å²) in [6.45, 7) is 0.0872. The largest absolute Gasteiger partial charge is 0.390 e. The quantitative estimate of drug-likeness (QED) is 0.525. The van der Waals surface area contributed by atoms with Crippen LogP contribution in [-0.2, 0) is 0 Å². The van der Waals surface area contributed by atoms with Crippen LogP contribution in [0.1, 0.15) is 36.0 Å². The zero-order valence-corrected chi connectivity index (χ0v) is 11.7. The summed E-state index contributed by atoms with van der Waals surface area (Å²) in [5.41, 5.74) is 8.15. The van der Waals surface area contributed by atoms with Gasteiger partial charge in [-0.15, -0.1) is 0 Å². The lowest BCUT2D eigenvalue weighted by Crippen LogP contribution is -2.54. The number of benzene rings is 1. The van der Waals surface area contributed by atoms with E-state index >= 15 is 0 Å². The topological polar surface area (TPSA) is 89.3 Å². The van der Waals surface area contributed by atoms with Gasteiger partial charge >= 0.3 is 0 Å². The number of aliphatic hydroxyl groups is 1. The van der Waals surface area contributed by atoms with Crippen molar-refractivity contribution in [2.45, 2.75) is 43.4 Å². The molecule has 1 unspecified atom stereocenters. The molecule has 1 aromatic rings. The van der Waals surface area contributed by atoms with Gasteiger partial charge in [0.2, 0.25) is 0 Å². The van der Waals surface area contributed by atoms with Gasteiger partial charge in [0.25, 0.3) is 5.91 Å². The van der Waals surface area contributed by atoms with Gasteiger partial charge < -0.3 is 10.0 Å². The van der Waals surface area contributed by atoms with Crippen LogP contribution in [0.15, 0.2) is 35.4 Å². The molecule has 2 aliphatic rings. The number of hydrogen-bond donors (Lipinski definition) is 1. The van der Waals surface area contributed by atoms with E-state index in [9.17, 15) is 9.90 Å². The Kier molecular flexibility index (Phi) is 3.57. The monoisotopic (exact) mass is 286 g/mol. The first kappa shape index (κ1) is 13.9. The van der Waals surface area contributed by atoms with E-state index in [1.165, 1.54) is 0 Å². The summed E-state index contributed by atoms with van der Waals surface area (Å²) in [5.74, 6) is 0.0361. The van der Waals surface area contributed by atoms with Crippen LogP contribution in [0.4, 0.5) is 0 Å². The molecule has 110 valence electrons. The molecule has 0 aliphatic carbocycles. The number of azide groups is 1. The molecule has 0 saturated carbocycles. The van der Waals surface area contributed by atoms with Gasteiger partial charge in [-0.3, -0.25) is 4.79 Å². The van der Waals surface area contributed by atoms with E-state index < -0.39 is 5.60 Å². The molecule has 0 spiro atoms. The van der Waals surface area contributed by atoms with Crippen molar-refractivity contribution in [2.24, 2.45) is 5.11 Å². The number of nitrogens with zero attached hydrogens (tertiary/aromatic N) is 4. The minimum atomic E-state index is -0.967. The highest BCUT2D eigenvalue weighted by Gasteiger charge is 2.49. The average molecular weight is 286 g/mol. The molecule has 2 bridgehead atoms. The van der Waals surface area contributed by atoms with Gasteiger partial charge in [-0.25, -0.2) is 0 Å². The Labute approximate surface area is 123 Å². The lowest BCUT2D eigenvalue weighted by atomic mass is 9.86. The molecule has 0 aromatic heterocycles. The summed E-state index contributed by atoms with van der Waals surface area (Å²) in [6.07, 6.45) is 2.78. The number of carbonyl (C=O) groups is 1. The summed E-state index contributed by atoms with van der Waals surface area (Å²) in [6, 6.07) is 9.32. The molecule has 6 nitrogen and oxygen atoms in total. The fourth-order valence-corrected chi connectivity index (χ4v) is 3.68. The minimum Gasteiger partial charge on any atom is -0.390 e. The van der Waals surface area contributed by atoms with E-state index in [1.807, 2.05) is 35.2 Å². The van der Waals surface area contributed by atoms with E-state index in [0.29, 0.717) is 18.4 Å². The molecule has 2 heterocycles. The number of carbonyl (C=O) groups excluding carboxylic acids is 1. The standard InChI is InChI=1S/C15H18N4O2/c16-18-17-10-15(21)8-12-6-7-13(9-15)19(12)14(20)11-4-2-1-3-5-11/h1-5,12-13,21H,6-10H2/t12-,13+,15?. The van der Waals surface area contributed by atoms with E-state index in [1.54, 1.807) is 0 Å². The predicted octanol–water partition coefficient (Wildman–Crippen LogP) is 2.50. The second-order valence-electron chi connectivity index (χ2n) is 5.99. The molecule has 1 aromatic carbocycles. The van der Waals surface area contributed by atoms with Gasteiger partial charge in [0.05, 0.1) is 12.1 Å². The SMILES string of the molecule is [N-]=[N+]=NCC1(O)C[C@H]2CC[C@@H](C1)N2C(=O)c1ccccc1. The molecule has 0 radical (unpaired) electrons. The highest BCUT2D eigenvalue weighted by molar-refractivity contribution is 5.94. The third kappa shape index (κ3) is 2.60. The molecule has 21 heavy (non-hydrogen) atoms. The molecule has 2 saturated heterocycles. The van der Waals surface area contributed by atoms with Crippen molar-refractivity contribution < 1.29 is 9.90 Å². The van der Waals surface area contributed by atoms with Gasteiger partial charge in [-0.2, -0.15) is 0 Å². The number of hydrogen-bond acceptors (Lipinski definition) is 3. The Morgan fingerprint density at radius 1 is 1.33 bits per heavy atom. The zero-order valence-electron chi connectivity index (χ0n) is 11.7. The summed E-state index contributed by atoms with van der Waals surface area (Å²) in [4.78, 5) is 17.3. The van der Waals surface area contributed by atoms with Crippen LogP contribution in [0.3, 0.4) is 0 Å². The second kappa shape index (κ2) is 5.39. The van der Waals surface area contributed by atoms with Crippen molar-refractivity contribution in [1.82, 2.24) is 4.90 Å². The summed E-state index contributed by atoms with van der Waals surface area (Å²) in [5, 5.41) is 14.1. The molecule has 6 heteroatoms. The van der Waals surface area contributed by atoms with Gasteiger partial charge in [-0.05, 0) is 43.3 Å². The van der Waals surface area contributed by atoms with Gasteiger partial charge in [0.1, 0.15) is 0 Å². The van der Waals surface area contributed by atoms with Crippen molar-refractivity contribution in [3.63, 3.8) is 0 Å². The van der Waals surface area contributed by atoms with Crippen LogP contribution in [0, 0.1) is 0 Å². The molecular weight excluding hydrogens is 268 g/mol. The molecule has 1 N–H and O–H groups in total. The lowest BCUT2D eigenvalue weighted by Gasteiger charge is -2.43. The highest BCUT2D eigenvalue weighted by Crippen LogP contribution is 2.41. The Hall–Kier alpha value is -2.04. The first-order valence-electron chi connectivity index (χ1n) is 7.24. The van der Waals surface area contributed by atoms with Crippen LogP contribution < -0.4 is 0 Å². The van der Waals surface area contributed by atoms with Gasteiger partial charge in [0, 0.05) is 22.6 Å². The third-order valence-corrected chi connectivity index (χ3v) is 4.53. The van der Waals surface area contributed by atoms with Crippen LogP contribution in [0.25, 0.3) is 10.4 Å². The van der Waals surface area contributed by atoms with E-state index in [4.69, 9.17) is 5.53 Å². The number of amides is 1. The number of fused-ring (bicyclic) bond motifs is 2. The third-order valence-electron chi connectivity index (χ3n) is 4.53. The molecule has 1 amide bonds. The lowest BCUT2D eigenvalue weighted by molar-refractivity contribution is -0.0365. The van der Waals surface area contributed by atoms with Crippen LogP contribution in [-0.4, -0.2) is 40.1 Å². The first-order chi connectivity index (χ1) is 10.1. The molecule has 2 aliphatic heterocycles. The van der Waals surface area contributed by atoms with E-state index in [-0.39, 0.29) is 24.5 Å². The fraction of sp³-hybridized carbons (Fsp3) is 0.533. The molecule has 3 atom stereocenters. The Balaban J connectivity index is 1.79. The van der Waals surface area contributed by atoms with Crippen LogP contribution >= 0.6 is 0 Å². The van der Waals surface area contributed by atoms with Crippen LogP contribution in [0.2, 0.25) is 0 Å². The number of piperidine rings is 1. The highest BCUT2D eigenvalue weighted by atomic mass is 16.3. The normalized spacial score (nSPS) is 30.8. The van der Waals surface area contributed by atoms with Crippen molar-refractivity contribution in [3.05, 3.63) is 46.3 Å². The maximum atomic E-state index is 12.6. The van der Waals surface area contributed by atoms with Crippen molar-refractivity contribution in [1.29, 1.82) is 0 Å². The van der Waals surface area contributed by atoms with E-state index in [0.717, 1.165) is 12.8 Å². The van der Waals surface area contributed by atoms with E-state index in [2.05, 4.69) is 10.0 Å². The number of rotatable bonds is 3. The van der Waals surface area contributed by atoms with Gasteiger partial charge in [-0.1, -0.05) is 23.3 Å². The Bertz CT molecular complexity index is 569. The van der Waals surface area contributed by atoms with Crippen LogP contribution in [0.5, 0.6) is 0 Å². The van der Waals surface area contributed by atoms with Crippen molar-refractivity contribution in [2.75, 3.05) is 6.54 Å². The minimum absolute atomic E-state index is 0.0361. The zero-order chi connectivity index (χ0) is 14.9. The second-order valence-corrected chi connectivity index (χ2v) is 5.99. The Morgan fingerprint density at radius 2 is 1.95 bits per heavy atom. The van der Waals surface area contributed by atoms with Crippen molar-refractivity contribution in [3.8, 4) is 0 Å². The van der Waals surface area contributed by atoms with Crippen molar-refractivity contribution >= 4 is 5.91 Å². The first-order valence-corrected chi connectivity index (χ1v) is 7.24.